The van der Waals surface area contributed by atoms with Crippen molar-refractivity contribution in [3.8, 4) is 0 Å². The highest BCUT2D eigenvalue weighted by molar-refractivity contribution is 7.88. The lowest BCUT2D eigenvalue weighted by Crippen LogP contribution is -2.42. The predicted octanol–water partition coefficient (Wildman–Crippen LogP) is -0.597. The van der Waals surface area contributed by atoms with Crippen molar-refractivity contribution in [3.05, 3.63) is 0 Å². The fraction of sp³-hybridized carbons (Fsp3) is 0.833. The van der Waals surface area contributed by atoms with Crippen LogP contribution in [0.1, 0.15) is 13.8 Å². The van der Waals surface area contributed by atoms with Gasteiger partial charge in [-0.25, -0.2) is 8.42 Å². The van der Waals surface area contributed by atoms with Gasteiger partial charge >= 0.3 is 0 Å². The van der Waals surface area contributed by atoms with Gasteiger partial charge in [-0.1, -0.05) is 5.16 Å². The number of oxime groups is 1. The van der Waals surface area contributed by atoms with Crippen LogP contribution in [-0.4, -0.2) is 42.6 Å². The highest BCUT2D eigenvalue weighted by Gasteiger charge is 2.20. The van der Waals surface area contributed by atoms with E-state index >= 15 is 0 Å². The zero-order valence-corrected chi connectivity index (χ0v) is 8.74. The molecular formula is C6H15N3O3S. The van der Waals surface area contributed by atoms with E-state index < -0.39 is 10.0 Å². The van der Waals surface area contributed by atoms with E-state index in [9.17, 15) is 8.42 Å². The van der Waals surface area contributed by atoms with Crippen LogP contribution in [0.4, 0.5) is 0 Å². The van der Waals surface area contributed by atoms with Crippen LogP contribution in [0.3, 0.4) is 0 Å². The second-order valence-corrected chi connectivity index (χ2v) is 4.93. The van der Waals surface area contributed by atoms with Crippen molar-refractivity contribution in [2.75, 3.05) is 12.8 Å². The van der Waals surface area contributed by atoms with Crippen molar-refractivity contribution in [2.45, 2.75) is 19.9 Å². The van der Waals surface area contributed by atoms with Crippen LogP contribution in [-0.2, 0) is 10.0 Å². The van der Waals surface area contributed by atoms with Gasteiger partial charge in [0.25, 0.3) is 0 Å². The summed E-state index contributed by atoms with van der Waals surface area (Å²) in [6.45, 7) is 3.34. The Morgan fingerprint density at radius 3 is 2.31 bits per heavy atom. The summed E-state index contributed by atoms with van der Waals surface area (Å²) in [6, 6.07) is -0.213. The molecule has 0 aromatic rings. The molecule has 0 saturated carbocycles. The summed E-state index contributed by atoms with van der Waals surface area (Å²) in [7, 11) is -3.31. The van der Waals surface area contributed by atoms with Gasteiger partial charge in [0.2, 0.25) is 10.0 Å². The highest BCUT2D eigenvalue weighted by atomic mass is 32.2. The van der Waals surface area contributed by atoms with Gasteiger partial charge in [0, 0.05) is 6.04 Å². The van der Waals surface area contributed by atoms with Crippen LogP contribution >= 0.6 is 0 Å². The monoisotopic (exact) mass is 209 g/mol. The van der Waals surface area contributed by atoms with E-state index in [4.69, 9.17) is 10.9 Å². The zero-order valence-electron chi connectivity index (χ0n) is 7.93. The molecule has 0 saturated heterocycles. The first kappa shape index (κ1) is 12.2. The van der Waals surface area contributed by atoms with Crippen molar-refractivity contribution in [1.29, 1.82) is 0 Å². The standard InChI is InChI=1S/C6H15N3O3S/c1-5(2)9(13(3,11)12)4-6(7)8-10/h5,10H,4H2,1-3H3,(H2,7,8). The normalized spacial score (nSPS) is 14.1. The number of hydrogen-bond donors (Lipinski definition) is 2. The zero-order chi connectivity index (χ0) is 10.6. The van der Waals surface area contributed by atoms with Gasteiger partial charge in [0.15, 0.2) is 5.84 Å². The molecule has 0 aromatic carbocycles. The molecule has 0 aliphatic carbocycles. The number of sulfonamides is 1. The summed E-state index contributed by atoms with van der Waals surface area (Å²) in [4.78, 5) is 0. The predicted molar refractivity (Wildman–Crippen MR) is 50.1 cm³/mol. The Bertz CT molecular complexity index is 283. The lowest BCUT2D eigenvalue weighted by atomic mass is 10.4. The molecule has 13 heavy (non-hydrogen) atoms. The average Bonchev–Trinajstić information content (AvgIpc) is 1.96. The van der Waals surface area contributed by atoms with Crippen molar-refractivity contribution in [3.63, 3.8) is 0 Å². The Labute approximate surface area is 78.1 Å². The maximum absolute atomic E-state index is 11.2. The molecule has 0 aliphatic heterocycles. The Morgan fingerprint density at radius 1 is 1.62 bits per heavy atom. The maximum atomic E-state index is 11.2. The minimum absolute atomic E-state index is 0.0903. The fourth-order valence-corrected chi connectivity index (χ4v) is 2.01. The van der Waals surface area contributed by atoms with Crippen LogP contribution in [0.25, 0.3) is 0 Å². The topological polar surface area (TPSA) is 96.0 Å². The van der Waals surface area contributed by atoms with Crippen molar-refractivity contribution in [2.24, 2.45) is 10.9 Å². The van der Waals surface area contributed by atoms with Gasteiger partial charge in [-0.15, -0.1) is 0 Å². The van der Waals surface area contributed by atoms with Crippen LogP contribution in [0.15, 0.2) is 5.16 Å². The smallest absolute Gasteiger partial charge is 0.211 e. The lowest BCUT2D eigenvalue weighted by Gasteiger charge is -2.22. The molecule has 0 spiro atoms. The third-order valence-corrected chi connectivity index (χ3v) is 2.85. The summed E-state index contributed by atoms with van der Waals surface area (Å²) in [5.41, 5.74) is 5.20. The minimum Gasteiger partial charge on any atom is -0.409 e. The largest absolute Gasteiger partial charge is 0.409 e. The molecule has 0 aromatic heterocycles. The molecule has 0 aliphatic rings. The summed E-state index contributed by atoms with van der Waals surface area (Å²) in [5, 5.41) is 11.0. The Hall–Kier alpha value is -0.820. The van der Waals surface area contributed by atoms with Gasteiger partial charge in [-0.2, -0.15) is 4.31 Å². The first-order chi connectivity index (χ1) is 5.79. The van der Waals surface area contributed by atoms with Crippen LogP contribution in [0.2, 0.25) is 0 Å². The summed E-state index contributed by atoms with van der Waals surface area (Å²) < 4.78 is 23.5. The van der Waals surface area contributed by atoms with E-state index in [0.717, 1.165) is 10.6 Å². The average molecular weight is 209 g/mol. The Morgan fingerprint density at radius 2 is 2.08 bits per heavy atom. The number of amidine groups is 1. The van der Waals surface area contributed by atoms with Crippen LogP contribution in [0, 0.1) is 0 Å². The van der Waals surface area contributed by atoms with Crippen molar-refractivity contribution >= 4 is 15.9 Å². The molecule has 0 rings (SSSR count). The summed E-state index contributed by atoms with van der Waals surface area (Å²) >= 11 is 0. The second-order valence-electron chi connectivity index (χ2n) is 2.99. The molecule has 0 heterocycles. The number of hydrogen-bond acceptors (Lipinski definition) is 4. The Balaban J connectivity index is 4.66. The fourth-order valence-electron chi connectivity index (χ4n) is 0.874. The second kappa shape index (κ2) is 4.43. The van der Waals surface area contributed by atoms with Gasteiger partial charge in [-0.05, 0) is 13.8 Å². The third kappa shape index (κ3) is 4.09. The first-order valence-electron chi connectivity index (χ1n) is 3.72. The van der Waals surface area contributed by atoms with E-state index in [2.05, 4.69) is 5.16 Å². The van der Waals surface area contributed by atoms with Gasteiger partial charge in [0.1, 0.15) is 0 Å². The summed E-state index contributed by atoms with van der Waals surface area (Å²) in [5.74, 6) is -0.126. The van der Waals surface area contributed by atoms with Gasteiger partial charge in [0.05, 0.1) is 12.8 Å². The molecule has 0 atom stereocenters. The van der Waals surface area contributed by atoms with E-state index in [-0.39, 0.29) is 18.4 Å². The molecule has 3 N–H and O–H groups in total. The molecule has 0 unspecified atom stereocenters. The SMILES string of the molecule is CC(C)N(CC(N)=NO)S(C)(=O)=O. The van der Waals surface area contributed by atoms with Crippen LogP contribution < -0.4 is 5.73 Å². The number of nitrogens with zero attached hydrogens (tertiary/aromatic N) is 2. The molecule has 7 heteroatoms. The number of nitrogens with two attached hydrogens (primary N) is 1. The van der Waals surface area contributed by atoms with Crippen molar-refractivity contribution in [1.82, 2.24) is 4.31 Å². The van der Waals surface area contributed by atoms with Gasteiger partial charge < -0.3 is 10.9 Å². The van der Waals surface area contributed by atoms with E-state index in [1.807, 2.05) is 0 Å². The Kier molecular flexibility index (Phi) is 4.15. The first-order valence-corrected chi connectivity index (χ1v) is 5.57. The molecule has 0 fully saturated rings. The van der Waals surface area contributed by atoms with E-state index in [1.54, 1.807) is 13.8 Å². The molecule has 0 amide bonds. The molecule has 78 valence electrons. The highest BCUT2D eigenvalue weighted by Crippen LogP contribution is 2.03. The van der Waals surface area contributed by atoms with Crippen molar-refractivity contribution < 1.29 is 13.6 Å². The lowest BCUT2D eigenvalue weighted by molar-refractivity contribution is 0.312. The van der Waals surface area contributed by atoms with Gasteiger partial charge in [-0.3, -0.25) is 0 Å². The number of rotatable bonds is 4. The van der Waals surface area contributed by atoms with E-state index in [1.165, 1.54) is 0 Å². The molecular weight excluding hydrogens is 194 g/mol. The quantitative estimate of drug-likeness (QED) is 0.280. The molecule has 6 nitrogen and oxygen atoms in total. The van der Waals surface area contributed by atoms with Crippen LogP contribution in [0.5, 0.6) is 0 Å². The minimum atomic E-state index is -3.31. The maximum Gasteiger partial charge on any atom is 0.211 e. The molecule has 0 bridgehead atoms. The summed E-state index contributed by atoms with van der Waals surface area (Å²) in [6.07, 6.45) is 1.08. The molecule has 0 radical (unpaired) electrons. The van der Waals surface area contributed by atoms with E-state index in [0.29, 0.717) is 0 Å². The third-order valence-electron chi connectivity index (χ3n) is 1.45.